The number of halogens is 1. The number of carbonyl (C=O) groups excluding carboxylic acids is 4. The van der Waals surface area contributed by atoms with Crippen LogP contribution in [-0.2, 0) is 20.7 Å². The molecule has 3 aromatic rings. The van der Waals surface area contributed by atoms with Gasteiger partial charge in [0.15, 0.2) is 0 Å². The third-order valence-electron chi connectivity index (χ3n) is 5.59. The molecule has 8 nitrogen and oxygen atoms in total. The number of amides is 3. The quantitative estimate of drug-likeness (QED) is 0.357. The molecule has 9 heteroatoms. The van der Waals surface area contributed by atoms with Crippen LogP contribution < -0.4 is 15.5 Å². The Morgan fingerprint density at radius 1 is 0.889 bits per heavy atom. The van der Waals surface area contributed by atoms with E-state index in [9.17, 15) is 19.2 Å². The molecule has 0 spiro atoms. The molecule has 1 aliphatic heterocycles. The van der Waals surface area contributed by atoms with Crippen molar-refractivity contribution in [2.75, 3.05) is 22.6 Å². The zero-order valence-corrected chi connectivity index (χ0v) is 20.3. The maximum absolute atomic E-state index is 13.0. The Morgan fingerprint density at radius 2 is 1.58 bits per heavy atom. The molecule has 4 rings (SSSR count). The molecule has 1 aliphatic rings. The van der Waals surface area contributed by atoms with E-state index in [1.165, 1.54) is 13.2 Å². The van der Waals surface area contributed by atoms with Crippen LogP contribution in [0.5, 0.6) is 0 Å². The van der Waals surface area contributed by atoms with Gasteiger partial charge in [0.25, 0.3) is 17.7 Å². The first-order valence-electron chi connectivity index (χ1n) is 11.1. The van der Waals surface area contributed by atoms with E-state index in [1.807, 2.05) is 19.1 Å². The predicted molar refractivity (Wildman–Crippen MR) is 137 cm³/mol. The summed E-state index contributed by atoms with van der Waals surface area (Å²) in [7, 11) is 1.28. The van der Waals surface area contributed by atoms with E-state index in [0.717, 1.165) is 16.9 Å². The van der Waals surface area contributed by atoms with Crippen LogP contribution in [0.25, 0.3) is 0 Å². The van der Waals surface area contributed by atoms with Crippen LogP contribution in [0.15, 0.2) is 83.5 Å². The molecule has 1 heterocycles. The summed E-state index contributed by atoms with van der Waals surface area (Å²) in [6.07, 6.45) is 0.835. The highest BCUT2D eigenvalue weighted by Crippen LogP contribution is 2.30. The van der Waals surface area contributed by atoms with Crippen molar-refractivity contribution in [3.05, 3.63) is 100 Å². The van der Waals surface area contributed by atoms with Gasteiger partial charge in [0.05, 0.1) is 18.4 Å². The van der Waals surface area contributed by atoms with Crippen molar-refractivity contribution < 1.29 is 23.9 Å². The summed E-state index contributed by atoms with van der Waals surface area (Å²) >= 11 is 6.20. The lowest BCUT2D eigenvalue weighted by molar-refractivity contribution is -0.120. The van der Waals surface area contributed by atoms with Crippen molar-refractivity contribution in [1.82, 2.24) is 0 Å². The van der Waals surface area contributed by atoms with Crippen LogP contribution in [-0.4, -0.2) is 30.8 Å². The summed E-state index contributed by atoms with van der Waals surface area (Å²) in [5, 5.41) is 5.39. The summed E-state index contributed by atoms with van der Waals surface area (Å²) in [6, 6.07) is 19.8. The molecule has 182 valence electrons. The largest absolute Gasteiger partial charge is 0.465 e. The first-order chi connectivity index (χ1) is 17.3. The van der Waals surface area contributed by atoms with Crippen LogP contribution >= 0.6 is 11.6 Å². The molecular weight excluding hydrogens is 482 g/mol. The number of hydrogen-bond donors (Lipinski definition) is 2. The zero-order valence-electron chi connectivity index (χ0n) is 19.5. The predicted octanol–water partition coefficient (Wildman–Crippen LogP) is 4.72. The highest BCUT2D eigenvalue weighted by molar-refractivity contribution is 6.53. The fraction of sp³-hybridized carbons (Fsp3) is 0.111. The summed E-state index contributed by atoms with van der Waals surface area (Å²) in [5.41, 5.74) is 3.02. The molecule has 0 unspecified atom stereocenters. The molecule has 3 aromatic carbocycles. The van der Waals surface area contributed by atoms with Crippen molar-refractivity contribution in [2.24, 2.45) is 0 Å². The van der Waals surface area contributed by atoms with Crippen molar-refractivity contribution in [2.45, 2.75) is 13.3 Å². The number of carbonyl (C=O) groups is 4. The van der Waals surface area contributed by atoms with Crippen molar-refractivity contribution in [3.63, 3.8) is 0 Å². The Bertz CT molecular complexity index is 1380. The van der Waals surface area contributed by atoms with Gasteiger partial charge < -0.3 is 15.4 Å². The van der Waals surface area contributed by atoms with E-state index in [1.54, 1.807) is 54.6 Å². The Balaban J connectivity index is 1.45. The van der Waals surface area contributed by atoms with Crippen LogP contribution in [0.4, 0.5) is 17.1 Å². The fourth-order valence-corrected chi connectivity index (χ4v) is 3.83. The first-order valence-corrected chi connectivity index (χ1v) is 11.4. The van der Waals surface area contributed by atoms with E-state index in [4.69, 9.17) is 16.3 Å². The third-order valence-corrected chi connectivity index (χ3v) is 5.94. The molecule has 36 heavy (non-hydrogen) atoms. The Labute approximate surface area is 212 Å². The Hall–Kier alpha value is -4.43. The second-order valence-corrected chi connectivity index (χ2v) is 8.26. The van der Waals surface area contributed by atoms with Gasteiger partial charge in [0, 0.05) is 16.9 Å². The number of nitrogens with zero attached hydrogens (tertiary/aromatic N) is 1. The summed E-state index contributed by atoms with van der Waals surface area (Å²) in [5.74, 6) is -2.08. The number of hydrogen-bond acceptors (Lipinski definition) is 6. The van der Waals surface area contributed by atoms with Crippen LogP contribution in [0.1, 0.15) is 33.2 Å². The highest BCUT2D eigenvalue weighted by atomic mass is 35.5. The normalized spacial score (nSPS) is 13.1. The third kappa shape index (κ3) is 4.99. The number of methoxy groups -OCH3 is 1. The van der Waals surface area contributed by atoms with Crippen molar-refractivity contribution >= 4 is 52.4 Å². The summed E-state index contributed by atoms with van der Waals surface area (Å²) < 4.78 is 4.69. The van der Waals surface area contributed by atoms with Gasteiger partial charge in [0.1, 0.15) is 10.7 Å². The molecule has 0 atom stereocenters. The molecule has 2 N–H and O–H groups in total. The minimum Gasteiger partial charge on any atom is -0.465 e. The standard InChI is InChI=1S/C27H22ClN3O5/c1-3-16-7-13-21(14-8-16)31-25(33)22(28)23(26(31)34)29-19-11-9-17(10-12-19)24(32)30-20-6-4-5-18(15-20)27(35)36-2/h4-15,29H,3H2,1-2H3,(H,30,32). The minimum atomic E-state index is -0.612. The number of anilines is 3. The maximum atomic E-state index is 13.0. The van der Waals surface area contributed by atoms with E-state index < -0.39 is 23.7 Å². The Morgan fingerprint density at radius 3 is 2.22 bits per heavy atom. The van der Waals surface area contributed by atoms with E-state index in [0.29, 0.717) is 28.2 Å². The van der Waals surface area contributed by atoms with Gasteiger partial charge in [0.2, 0.25) is 0 Å². The highest BCUT2D eigenvalue weighted by Gasteiger charge is 2.38. The number of esters is 1. The van der Waals surface area contributed by atoms with Crippen molar-refractivity contribution in [1.29, 1.82) is 0 Å². The molecule has 0 bridgehead atoms. The second kappa shape index (κ2) is 10.5. The number of ether oxygens (including phenoxy) is 1. The van der Waals surface area contributed by atoms with E-state index >= 15 is 0 Å². The molecule has 0 saturated heterocycles. The molecule has 0 fully saturated rings. The lowest BCUT2D eigenvalue weighted by atomic mass is 10.1. The number of nitrogens with one attached hydrogen (secondary N) is 2. The topological polar surface area (TPSA) is 105 Å². The lowest BCUT2D eigenvalue weighted by Gasteiger charge is -2.15. The monoisotopic (exact) mass is 503 g/mol. The van der Waals surface area contributed by atoms with E-state index in [-0.39, 0.29) is 10.7 Å². The summed E-state index contributed by atoms with van der Waals surface area (Å²) in [4.78, 5) is 51.0. The smallest absolute Gasteiger partial charge is 0.337 e. The van der Waals surface area contributed by atoms with E-state index in [2.05, 4.69) is 10.6 Å². The lowest BCUT2D eigenvalue weighted by Crippen LogP contribution is -2.32. The number of imide groups is 1. The van der Waals surface area contributed by atoms with Gasteiger partial charge in [-0.15, -0.1) is 0 Å². The summed E-state index contributed by atoms with van der Waals surface area (Å²) in [6.45, 7) is 2.01. The fourth-order valence-electron chi connectivity index (χ4n) is 3.62. The maximum Gasteiger partial charge on any atom is 0.337 e. The first kappa shape index (κ1) is 24.7. The molecule has 0 aromatic heterocycles. The Kier molecular flexibility index (Phi) is 7.17. The van der Waals surface area contributed by atoms with Crippen LogP contribution in [0.2, 0.25) is 0 Å². The van der Waals surface area contributed by atoms with Gasteiger partial charge in [-0.2, -0.15) is 0 Å². The van der Waals surface area contributed by atoms with Crippen LogP contribution in [0, 0.1) is 0 Å². The molecule has 0 aliphatic carbocycles. The zero-order chi connectivity index (χ0) is 25.8. The number of aryl methyl sites for hydroxylation is 1. The van der Waals surface area contributed by atoms with Gasteiger partial charge in [-0.05, 0) is 66.6 Å². The van der Waals surface area contributed by atoms with Crippen LogP contribution in [0.3, 0.4) is 0 Å². The average Bonchev–Trinajstić information content (AvgIpc) is 3.11. The van der Waals surface area contributed by atoms with Crippen molar-refractivity contribution in [3.8, 4) is 0 Å². The van der Waals surface area contributed by atoms with Gasteiger partial charge >= 0.3 is 5.97 Å². The molecular formula is C27H22ClN3O5. The second-order valence-electron chi connectivity index (χ2n) is 7.88. The number of benzene rings is 3. The van der Waals surface area contributed by atoms with Gasteiger partial charge in [-0.3, -0.25) is 14.4 Å². The minimum absolute atomic E-state index is 0.0435. The number of rotatable bonds is 7. The average molecular weight is 504 g/mol. The van der Waals surface area contributed by atoms with Gasteiger partial charge in [-0.25, -0.2) is 9.69 Å². The van der Waals surface area contributed by atoms with Gasteiger partial charge in [-0.1, -0.05) is 36.7 Å². The molecule has 3 amide bonds. The SMILES string of the molecule is CCc1ccc(N2C(=O)C(Cl)=C(Nc3ccc(C(=O)Nc4cccc(C(=O)OC)c4)cc3)C2=O)cc1. The molecule has 0 radical (unpaired) electrons. The molecule has 0 saturated carbocycles.